The van der Waals surface area contributed by atoms with E-state index in [9.17, 15) is 0 Å². The number of benzene rings is 1. The normalized spacial score (nSPS) is 16.0. The molecule has 0 aliphatic carbocycles. The summed E-state index contributed by atoms with van der Waals surface area (Å²) in [5.41, 5.74) is 2.82. The minimum absolute atomic E-state index is 0.192. The zero-order valence-electron chi connectivity index (χ0n) is 15.0. The third kappa shape index (κ3) is 2.93. The number of fused-ring (bicyclic) bond motifs is 2. The lowest BCUT2D eigenvalue weighted by Gasteiger charge is -2.09. The van der Waals surface area contributed by atoms with Gasteiger partial charge in [0.2, 0.25) is 0 Å². The van der Waals surface area contributed by atoms with Crippen molar-refractivity contribution in [3.8, 4) is 0 Å². The van der Waals surface area contributed by atoms with Crippen LogP contribution in [0.25, 0.3) is 22.0 Å². The molecule has 0 spiro atoms. The molecule has 1 aromatic carbocycles. The Kier molecular flexibility index (Phi) is 4.29. The summed E-state index contributed by atoms with van der Waals surface area (Å²) < 4.78 is 2.03. The van der Waals surface area contributed by atoms with E-state index < -0.39 is 0 Å². The third-order valence-electron chi connectivity index (χ3n) is 4.84. The summed E-state index contributed by atoms with van der Waals surface area (Å²) >= 11 is 4.30. The highest BCUT2D eigenvalue weighted by atomic mass is 32.1. The molecule has 138 valence electrons. The van der Waals surface area contributed by atoms with Gasteiger partial charge in [-0.25, -0.2) is 15.0 Å². The predicted octanol–water partition coefficient (Wildman–Crippen LogP) is 4.18. The molecule has 0 amide bonds. The molecule has 5 rings (SSSR count). The van der Waals surface area contributed by atoms with Crippen molar-refractivity contribution in [1.29, 1.82) is 0 Å². The Bertz CT molecular complexity index is 1220. The summed E-state index contributed by atoms with van der Waals surface area (Å²) in [6.45, 7) is 0. The maximum atomic E-state index is 4.60. The van der Waals surface area contributed by atoms with Crippen molar-refractivity contribution in [2.45, 2.75) is 12.5 Å². The summed E-state index contributed by atoms with van der Waals surface area (Å²) in [5, 5.41) is 5.52. The Morgan fingerprint density at radius 1 is 1.04 bits per heavy atom. The Labute approximate surface area is 167 Å². The topological polar surface area (TPSA) is 67.5 Å². The van der Waals surface area contributed by atoms with E-state index in [0.29, 0.717) is 5.82 Å². The molecular formula is C21H18N6S. The number of aliphatic imine (C=N–C) groups is 1. The molecule has 1 aliphatic rings. The smallest absolute Gasteiger partial charge is 0.180 e. The van der Waals surface area contributed by atoms with Crippen LogP contribution in [0.2, 0.25) is 0 Å². The van der Waals surface area contributed by atoms with Gasteiger partial charge < -0.3 is 5.32 Å². The van der Waals surface area contributed by atoms with E-state index in [-0.39, 0.29) is 6.04 Å². The van der Waals surface area contributed by atoms with Crippen molar-refractivity contribution in [3.05, 3.63) is 66.9 Å². The van der Waals surface area contributed by atoms with Gasteiger partial charge in [0.1, 0.15) is 5.82 Å². The van der Waals surface area contributed by atoms with E-state index in [1.165, 1.54) is 0 Å². The number of allylic oxidation sites excluding steroid dienone is 1. The zero-order chi connectivity index (χ0) is 18.9. The van der Waals surface area contributed by atoms with E-state index in [2.05, 4.69) is 50.0 Å². The van der Waals surface area contributed by atoms with Gasteiger partial charge >= 0.3 is 0 Å². The number of anilines is 2. The van der Waals surface area contributed by atoms with Gasteiger partial charge in [0.15, 0.2) is 11.5 Å². The predicted molar refractivity (Wildman–Crippen MR) is 117 cm³/mol. The van der Waals surface area contributed by atoms with Crippen LogP contribution in [0.4, 0.5) is 11.6 Å². The maximum Gasteiger partial charge on any atom is 0.180 e. The van der Waals surface area contributed by atoms with Crippen LogP contribution in [0, 0.1) is 0 Å². The monoisotopic (exact) mass is 386 g/mol. The number of rotatable bonds is 5. The van der Waals surface area contributed by atoms with E-state index >= 15 is 0 Å². The molecule has 1 unspecified atom stereocenters. The van der Waals surface area contributed by atoms with Gasteiger partial charge in [0.05, 0.1) is 17.9 Å². The van der Waals surface area contributed by atoms with Gasteiger partial charge in [0.25, 0.3) is 0 Å². The third-order valence-corrected chi connectivity index (χ3v) is 5.09. The molecular weight excluding hydrogens is 368 g/mol. The largest absolute Gasteiger partial charge is 0.321 e. The lowest BCUT2D eigenvalue weighted by atomic mass is 10.1. The molecule has 1 N–H and O–H groups in total. The summed E-state index contributed by atoms with van der Waals surface area (Å²) in [6.07, 6.45) is 12.4. The van der Waals surface area contributed by atoms with Crippen molar-refractivity contribution < 1.29 is 0 Å². The molecule has 4 heterocycles. The Morgan fingerprint density at radius 2 is 1.93 bits per heavy atom. The summed E-state index contributed by atoms with van der Waals surface area (Å²) in [7, 11) is 0. The van der Waals surface area contributed by atoms with E-state index in [0.717, 1.165) is 45.7 Å². The van der Waals surface area contributed by atoms with Crippen LogP contribution in [-0.2, 0) is 0 Å². The second-order valence-corrected chi connectivity index (χ2v) is 7.05. The molecule has 1 atom stereocenters. The molecule has 1 aliphatic heterocycles. The van der Waals surface area contributed by atoms with Crippen molar-refractivity contribution in [2.75, 3.05) is 11.1 Å². The SMILES string of the molecule is SCCC1C=C(c2cnc3c(Nc4nccc5ccccc45)nccn23)C=N1. The Morgan fingerprint density at radius 3 is 2.86 bits per heavy atom. The summed E-state index contributed by atoms with van der Waals surface area (Å²) in [4.78, 5) is 18.1. The number of aromatic nitrogens is 4. The van der Waals surface area contributed by atoms with Gasteiger partial charge in [-0.05, 0) is 29.7 Å². The fourth-order valence-corrected chi connectivity index (χ4v) is 3.73. The van der Waals surface area contributed by atoms with Crippen molar-refractivity contribution in [3.63, 3.8) is 0 Å². The lowest BCUT2D eigenvalue weighted by molar-refractivity contribution is 0.809. The molecule has 0 radical (unpaired) electrons. The van der Waals surface area contributed by atoms with Gasteiger partial charge in [-0.2, -0.15) is 12.6 Å². The van der Waals surface area contributed by atoms with E-state index in [4.69, 9.17) is 0 Å². The minimum Gasteiger partial charge on any atom is -0.321 e. The fourth-order valence-electron chi connectivity index (χ4n) is 3.46. The van der Waals surface area contributed by atoms with Gasteiger partial charge in [0, 0.05) is 35.8 Å². The van der Waals surface area contributed by atoms with Crippen LogP contribution in [0.1, 0.15) is 12.1 Å². The van der Waals surface area contributed by atoms with Crippen LogP contribution < -0.4 is 5.32 Å². The van der Waals surface area contributed by atoms with Crippen LogP contribution in [0.5, 0.6) is 0 Å². The standard InChI is InChI=1S/C21H18N6S/c28-10-6-16-11-15(12-24-16)18-13-25-21-20(23-8-9-27(18)21)26-19-17-4-2-1-3-14(17)5-7-22-19/h1-5,7-9,11-13,16,28H,6,10H2,(H,22,23,26). The fraction of sp³-hybridized carbons (Fsp3) is 0.143. The van der Waals surface area contributed by atoms with E-state index in [1.807, 2.05) is 47.3 Å². The van der Waals surface area contributed by atoms with Crippen LogP contribution in [-0.4, -0.2) is 37.4 Å². The maximum absolute atomic E-state index is 4.60. The van der Waals surface area contributed by atoms with E-state index in [1.54, 1.807) is 12.4 Å². The number of thiol groups is 1. The molecule has 0 saturated heterocycles. The Hall–Kier alpha value is -3.19. The highest BCUT2D eigenvalue weighted by Crippen LogP contribution is 2.27. The van der Waals surface area contributed by atoms with Crippen LogP contribution >= 0.6 is 12.6 Å². The highest BCUT2D eigenvalue weighted by molar-refractivity contribution is 7.80. The molecule has 28 heavy (non-hydrogen) atoms. The number of hydrogen-bond donors (Lipinski definition) is 2. The number of pyridine rings is 1. The highest BCUT2D eigenvalue weighted by Gasteiger charge is 2.17. The second-order valence-electron chi connectivity index (χ2n) is 6.60. The van der Waals surface area contributed by atoms with Crippen LogP contribution in [0.3, 0.4) is 0 Å². The van der Waals surface area contributed by atoms with Crippen molar-refractivity contribution in [1.82, 2.24) is 19.4 Å². The van der Waals surface area contributed by atoms with Gasteiger partial charge in [-0.15, -0.1) is 0 Å². The summed E-state index contributed by atoms with van der Waals surface area (Å²) in [5.74, 6) is 2.24. The lowest BCUT2D eigenvalue weighted by Crippen LogP contribution is -2.01. The molecule has 0 saturated carbocycles. The minimum atomic E-state index is 0.192. The number of imidazole rings is 1. The van der Waals surface area contributed by atoms with Crippen molar-refractivity contribution in [2.24, 2.45) is 4.99 Å². The first kappa shape index (κ1) is 16.9. The Balaban J connectivity index is 1.54. The average Bonchev–Trinajstić information content (AvgIpc) is 3.36. The van der Waals surface area contributed by atoms with Gasteiger partial charge in [-0.1, -0.05) is 24.3 Å². The van der Waals surface area contributed by atoms with Crippen LogP contribution in [0.15, 0.2) is 66.2 Å². The molecule has 7 heteroatoms. The number of hydrogen-bond acceptors (Lipinski definition) is 6. The molecule has 4 aromatic rings. The number of nitrogens with one attached hydrogen (secondary N) is 1. The zero-order valence-corrected chi connectivity index (χ0v) is 15.9. The molecule has 0 bridgehead atoms. The quantitative estimate of drug-likeness (QED) is 0.505. The number of nitrogens with zero attached hydrogens (tertiary/aromatic N) is 5. The average molecular weight is 386 g/mol. The molecule has 6 nitrogen and oxygen atoms in total. The van der Waals surface area contributed by atoms with Gasteiger partial charge in [-0.3, -0.25) is 9.39 Å². The first-order valence-corrected chi connectivity index (χ1v) is 9.76. The molecule has 0 fully saturated rings. The summed E-state index contributed by atoms with van der Waals surface area (Å²) in [6, 6.07) is 10.3. The first-order valence-electron chi connectivity index (χ1n) is 9.12. The molecule has 3 aromatic heterocycles. The first-order chi connectivity index (χ1) is 13.8. The second kappa shape index (κ2) is 7.09. The van der Waals surface area contributed by atoms with Crippen molar-refractivity contribution >= 4 is 52.5 Å².